The van der Waals surface area contributed by atoms with Crippen molar-refractivity contribution < 1.29 is 0 Å². The molecule has 320 valence electrons. The smallest absolute Gasteiger partial charge is 0.160 e. The molecule has 0 unspecified atom stereocenters. The Morgan fingerprint density at radius 1 is 0.279 bits per heavy atom. The van der Waals surface area contributed by atoms with Crippen molar-refractivity contribution in [2.24, 2.45) is 0 Å². The van der Waals surface area contributed by atoms with Gasteiger partial charge in [-0.05, 0) is 111 Å². The second-order valence-corrected chi connectivity index (χ2v) is 17.9. The standard InChI is InChI=1S/C62H41N5S/c1-5-17-43(18-6-1)55-41-56(67-61(66-55)45-19-7-2-8-20-45)44-29-27-42(28-30-44)46-31-33-59-51(37-46)62(49-21-9-3-10-22-49,50-23-11-4-12-24-50)52-38-47(32-34-60(52)68-59)48-39-57(53-25-13-15-35-63-53)65-58(40-48)54-26-14-16-36-64-54/h1-41H. The van der Waals surface area contributed by atoms with Crippen LogP contribution in [0.4, 0.5) is 0 Å². The van der Waals surface area contributed by atoms with Crippen LogP contribution in [-0.2, 0) is 5.41 Å². The summed E-state index contributed by atoms with van der Waals surface area (Å²) in [5, 5.41) is 0. The van der Waals surface area contributed by atoms with Crippen LogP contribution in [0.3, 0.4) is 0 Å². The molecule has 1 aliphatic heterocycles. The first kappa shape index (κ1) is 40.9. The van der Waals surface area contributed by atoms with Crippen LogP contribution in [0, 0.1) is 0 Å². The fraction of sp³-hybridized carbons (Fsp3) is 0.0161. The predicted octanol–water partition coefficient (Wildman–Crippen LogP) is 15.2. The average Bonchev–Trinajstić information content (AvgIpc) is 3.43. The van der Waals surface area contributed by atoms with E-state index in [-0.39, 0.29) is 0 Å². The largest absolute Gasteiger partial charge is 0.255 e. The number of hydrogen-bond acceptors (Lipinski definition) is 6. The summed E-state index contributed by atoms with van der Waals surface area (Å²) in [5.41, 5.74) is 16.6. The summed E-state index contributed by atoms with van der Waals surface area (Å²) in [4.78, 5) is 27.1. The average molecular weight is 888 g/mol. The predicted molar refractivity (Wildman–Crippen MR) is 276 cm³/mol. The number of aromatic nitrogens is 5. The van der Waals surface area contributed by atoms with Gasteiger partial charge in [-0.1, -0.05) is 182 Å². The maximum atomic E-state index is 5.11. The monoisotopic (exact) mass is 887 g/mol. The van der Waals surface area contributed by atoms with E-state index in [4.69, 9.17) is 24.9 Å². The first-order valence-electron chi connectivity index (χ1n) is 22.7. The molecule has 11 aromatic rings. The molecule has 4 aromatic heterocycles. The maximum Gasteiger partial charge on any atom is 0.160 e. The van der Waals surface area contributed by atoms with Crippen LogP contribution in [0.5, 0.6) is 0 Å². The van der Waals surface area contributed by atoms with Gasteiger partial charge in [0.25, 0.3) is 0 Å². The fourth-order valence-electron chi connectivity index (χ4n) is 9.50. The van der Waals surface area contributed by atoms with Crippen molar-refractivity contribution in [3.8, 4) is 78.9 Å². The van der Waals surface area contributed by atoms with Gasteiger partial charge < -0.3 is 0 Å². The summed E-state index contributed by atoms with van der Waals surface area (Å²) < 4.78 is 0. The molecular formula is C62H41N5S. The highest BCUT2D eigenvalue weighted by Gasteiger charge is 2.44. The number of nitrogens with zero attached hydrogens (tertiary/aromatic N) is 5. The lowest BCUT2D eigenvalue weighted by molar-refractivity contribution is 0.703. The molecule has 12 rings (SSSR count). The molecule has 0 spiro atoms. The van der Waals surface area contributed by atoms with Crippen molar-refractivity contribution in [1.82, 2.24) is 24.9 Å². The van der Waals surface area contributed by atoms with E-state index in [2.05, 4.69) is 164 Å². The van der Waals surface area contributed by atoms with Gasteiger partial charge in [-0.2, -0.15) is 0 Å². The molecule has 7 aromatic carbocycles. The summed E-state index contributed by atoms with van der Waals surface area (Å²) in [6.45, 7) is 0. The lowest BCUT2D eigenvalue weighted by atomic mass is 9.64. The summed E-state index contributed by atoms with van der Waals surface area (Å²) >= 11 is 1.83. The van der Waals surface area contributed by atoms with Gasteiger partial charge in [0, 0.05) is 38.9 Å². The van der Waals surface area contributed by atoms with Gasteiger partial charge in [-0.25, -0.2) is 15.0 Å². The number of pyridine rings is 3. The molecule has 0 fully saturated rings. The lowest BCUT2D eigenvalue weighted by Gasteiger charge is -2.42. The Morgan fingerprint density at radius 2 is 0.706 bits per heavy atom. The molecule has 0 aliphatic carbocycles. The summed E-state index contributed by atoms with van der Waals surface area (Å²) in [6.07, 6.45) is 3.63. The minimum Gasteiger partial charge on any atom is -0.255 e. The summed E-state index contributed by atoms with van der Waals surface area (Å²) in [6, 6.07) is 83.6. The van der Waals surface area contributed by atoms with Crippen molar-refractivity contribution in [3.63, 3.8) is 0 Å². The summed E-state index contributed by atoms with van der Waals surface area (Å²) in [7, 11) is 0. The normalized spacial score (nSPS) is 12.5. The zero-order chi connectivity index (χ0) is 45.3. The Labute approximate surface area is 400 Å². The van der Waals surface area contributed by atoms with Gasteiger partial charge in [-0.3, -0.25) is 9.97 Å². The molecule has 0 amide bonds. The zero-order valence-corrected chi connectivity index (χ0v) is 37.6. The van der Waals surface area contributed by atoms with Gasteiger partial charge in [-0.15, -0.1) is 0 Å². The lowest BCUT2D eigenvalue weighted by Crippen LogP contribution is -2.34. The SMILES string of the molecule is c1ccc(-c2cc(-c3ccc(-c4ccc5c(c4)C(c4ccccc4)(c4ccccc4)c4cc(-c6cc(-c7ccccn7)nc(-c7ccccn7)c6)ccc4S5)cc3)nc(-c3ccccc3)n2)cc1. The van der Waals surface area contributed by atoms with Crippen LogP contribution in [0.15, 0.2) is 259 Å². The molecule has 1 aliphatic rings. The van der Waals surface area contributed by atoms with Crippen LogP contribution < -0.4 is 0 Å². The van der Waals surface area contributed by atoms with Crippen molar-refractivity contribution in [3.05, 3.63) is 271 Å². The van der Waals surface area contributed by atoms with Gasteiger partial charge in [0.05, 0.1) is 39.6 Å². The van der Waals surface area contributed by atoms with E-state index in [1.807, 2.05) is 97.0 Å². The topological polar surface area (TPSA) is 64.5 Å². The van der Waals surface area contributed by atoms with E-state index in [0.717, 1.165) is 73.1 Å². The Balaban J connectivity index is 1.01. The highest BCUT2D eigenvalue weighted by molar-refractivity contribution is 7.99. The van der Waals surface area contributed by atoms with E-state index < -0.39 is 5.41 Å². The Kier molecular flexibility index (Phi) is 10.6. The molecule has 0 saturated heterocycles. The number of rotatable bonds is 9. The van der Waals surface area contributed by atoms with Crippen molar-refractivity contribution in [1.29, 1.82) is 0 Å². The minimum atomic E-state index is -0.659. The van der Waals surface area contributed by atoms with Crippen LogP contribution in [-0.4, -0.2) is 24.9 Å². The molecular weight excluding hydrogens is 847 g/mol. The summed E-state index contributed by atoms with van der Waals surface area (Å²) in [5.74, 6) is 0.700. The van der Waals surface area contributed by atoms with Gasteiger partial charge in [0.15, 0.2) is 5.82 Å². The zero-order valence-electron chi connectivity index (χ0n) is 36.8. The number of benzene rings is 7. The second-order valence-electron chi connectivity index (χ2n) is 16.8. The van der Waals surface area contributed by atoms with Crippen molar-refractivity contribution in [2.75, 3.05) is 0 Å². The molecule has 0 saturated carbocycles. The quantitative estimate of drug-likeness (QED) is 0.144. The van der Waals surface area contributed by atoms with Gasteiger partial charge in [0.2, 0.25) is 0 Å². The first-order chi connectivity index (χ1) is 33.7. The van der Waals surface area contributed by atoms with E-state index in [9.17, 15) is 0 Å². The van der Waals surface area contributed by atoms with E-state index in [1.54, 1.807) is 0 Å². The van der Waals surface area contributed by atoms with Crippen molar-refractivity contribution >= 4 is 11.8 Å². The molecule has 0 atom stereocenters. The maximum absolute atomic E-state index is 5.11. The highest BCUT2D eigenvalue weighted by atomic mass is 32.2. The van der Waals surface area contributed by atoms with E-state index in [1.165, 1.54) is 32.0 Å². The Morgan fingerprint density at radius 3 is 1.21 bits per heavy atom. The molecule has 6 heteroatoms. The first-order valence-corrected chi connectivity index (χ1v) is 23.5. The van der Waals surface area contributed by atoms with Crippen LogP contribution in [0.1, 0.15) is 22.3 Å². The molecule has 0 N–H and O–H groups in total. The van der Waals surface area contributed by atoms with Gasteiger partial charge >= 0.3 is 0 Å². The molecule has 5 nitrogen and oxygen atoms in total. The molecule has 0 bridgehead atoms. The third kappa shape index (κ3) is 7.57. The van der Waals surface area contributed by atoms with Crippen molar-refractivity contribution in [2.45, 2.75) is 15.2 Å². The van der Waals surface area contributed by atoms with Crippen LogP contribution in [0.2, 0.25) is 0 Å². The number of hydrogen-bond donors (Lipinski definition) is 0. The Bertz CT molecular complexity index is 3400. The molecule has 0 radical (unpaired) electrons. The molecule has 5 heterocycles. The molecule has 68 heavy (non-hydrogen) atoms. The third-order valence-corrected chi connectivity index (χ3v) is 13.9. The van der Waals surface area contributed by atoms with E-state index in [0.29, 0.717) is 5.82 Å². The highest BCUT2D eigenvalue weighted by Crippen LogP contribution is 2.57. The van der Waals surface area contributed by atoms with Crippen LogP contribution >= 0.6 is 11.8 Å². The fourth-order valence-corrected chi connectivity index (χ4v) is 10.7. The van der Waals surface area contributed by atoms with Gasteiger partial charge in [0.1, 0.15) is 0 Å². The minimum absolute atomic E-state index is 0.659. The Hall–Kier alpha value is -8.58. The third-order valence-electron chi connectivity index (χ3n) is 12.8. The second kappa shape index (κ2) is 17.7. The number of fused-ring (bicyclic) bond motifs is 2. The van der Waals surface area contributed by atoms with E-state index >= 15 is 0 Å². The van der Waals surface area contributed by atoms with Crippen LogP contribution in [0.25, 0.3) is 78.9 Å².